The van der Waals surface area contributed by atoms with E-state index in [2.05, 4.69) is 0 Å². The molecule has 80 valence electrons. The van der Waals surface area contributed by atoms with Crippen LogP contribution >= 0.6 is 0 Å². The number of aldehydes is 1. The summed E-state index contributed by atoms with van der Waals surface area (Å²) in [6.07, 6.45) is 7.46. The zero-order valence-electron chi connectivity index (χ0n) is 8.54. The molecule has 3 nitrogen and oxygen atoms in total. The Morgan fingerprint density at radius 3 is 2.64 bits per heavy atom. The molecule has 1 aliphatic carbocycles. The number of hydrogen-bond donors (Lipinski definition) is 0. The van der Waals surface area contributed by atoms with Gasteiger partial charge in [0, 0.05) is 6.42 Å². The topological polar surface area (TPSA) is 43.4 Å². The molecule has 0 saturated heterocycles. The van der Waals surface area contributed by atoms with Crippen molar-refractivity contribution in [1.82, 2.24) is 0 Å². The van der Waals surface area contributed by atoms with E-state index in [0.29, 0.717) is 12.5 Å². The van der Waals surface area contributed by atoms with E-state index in [9.17, 15) is 9.59 Å². The van der Waals surface area contributed by atoms with Crippen molar-refractivity contribution in [3.8, 4) is 0 Å². The smallest absolute Gasteiger partial charge is 0.306 e. The summed E-state index contributed by atoms with van der Waals surface area (Å²) >= 11 is 0. The van der Waals surface area contributed by atoms with Gasteiger partial charge in [0.25, 0.3) is 0 Å². The monoisotopic (exact) mass is 198 g/mol. The number of esters is 1. The molecule has 1 saturated carbocycles. The molecule has 0 bridgehead atoms. The lowest BCUT2D eigenvalue weighted by atomic mass is 9.90. The van der Waals surface area contributed by atoms with Crippen LogP contribution < -0.4 is 0 Å². The van der Waals surface area contributed by atoms with Crippen LogP contribution in [0.5, 0.6) is 0 Å². The van der Waals surface area contributed by atoms with Crippen molar-refractivity contribution in [2.75, 3.05) is 6.61 Å². The third-order valence-corrected chi connectivity index (χ3v) is 2.67. The van der Waals surface area contributed by atoms with E-state index in [0.717, 1.165) is 6.29 Å². The molecule has 1 rings (SSSR count). The molecule has 0 aromatic rings. The molecule has 14 heavy (non-hydrogen) atoms. The van der Waals surface area contributed by atoms with Crippen molar-refractivity contribution < 1.29 is 14.3 Å². The highest BCUT2D eigenvalue weighted by Crippen LogP contribution is 2.23. The van der Waals surface area contributed by atoms with Crippen LogP contribution in [0.2, 0.25) is 0 Å². The standard InChI is InChI=1S/C11H18O3/c12-8-4-7-11(13)14-9-10-5-2-1-3-6-10/h8,10H,1-7,9H2. The number of ether oxygens (including phenoxy) is 1. The van der Waals surface area contributed by atoms with Gasteiger partial charge in [0.15, 0.2) is 0 Å². The summed E-state index contributed by atoms with van der Waals surface area (Å²) in [6.45, 7) is 0.553. The lowest BCUT2D eigenvalue weighted by Gasteiger charge is -2.20. The van der Waals surface area contributed by atoms with Crippen molar-refractivity contribution in [2.24, 2.45) is 5.92 Å². The highest BCUT2D eigenvalue weighted by atomic mass is 16.5. The van der Waals surface area contributed by atoms with Gasteiger partial charge in [-0.15, -0.1) is 0 Å². The van der Waals surface area contributed by atoms with Gasteiger partial charge in [0.1, 0.15) is 6.29 Å². The fourth-order valence-corrected chi connectivity index (χ4v) is 1.81. The highest BCUT2D eigenvalue weighted by molar-refractivity contribution is 5.72. The Kier molecular flexibility index (Phi) is 5.27. The molecule has 0 N–H and O–H groups in total. The van der Waals surface area contributed by atoms with E-state index in [1.54, 1.807) is 0 Å². The number of carbonyl (C=O) groups is 2. The van der Waals surface area contributed by atoms with E-state index >= 15 is 0 Å². The highest BCUT2D eigenvalue weighted by Gasteiger charge is 2.15. The Balaban J connectivity index is 2.06. The zero-order valence-corrected chi connectivity index (χ0v) is 8.54. The molecule has 0 spiro atoms. The van der Waals surface area contributed by atoms with Gasteiger partial charge < -0.3 is 9.53 Å². The average Bonchev–Trinajstić information content (AvgIpc) is 2.25. The Labute approximate surface area is 84.8 Å². The maximum Gasteiger partial charge on any atom is 0.306 e. The summed E-state index contributed by atoms with van der Waals surface area (Å²) in [6, 6.07) is 0. The molecule has 0 atom stereocenters. The Morgan fingerprint density at radius 2 is 2.00 bits per heavy atom. The first-order chi connectivity index (χ1) is 6.83. The zero-order chi connectivity index (χ0) is 10.2. The fraction of sp³-hybridized carbons (Fsp3) is 0.818. The van der Waals surface area contributed by atoms with Crippen molar-refractivity contribution in [3.63, 3.8) is 0 Å². The predicted octanol–water partition coefficient (Wildman–Crippen LogP) is 2.09. The van der Waals surface area contributed by atoms with Crippen molar-refractivity contribution in [2.45, 2.75) is 44.9 Å². The van der Waals surface area contributed by atoms with Gasteiger partial charge in [-0.25, -0.2) is 0 Å². The van der Waals surface area contributed by atoms with Gasteiger partial charge in [-0.3, -0.25) is 4.79 Å². The molecule has 0 radical (unpaired) electrons. The predicted molar refractivity (Wildman–Crippen MR) is 52.8 cm³/mol. The first-order valence-electron chi connectivity index (χ1n) is 5.42. The van der Waals surface area contributed by atoms with Gasteiger partial charge in [-0.05, 0) is 18.8 Å². The van der Waals surface area contributed by atoms with Crippen LogP contribution in [-0.2, 0) is 14.3 Å². The second-order valence-corrected chi connectivity index (χ2v) is 3.89. The van der Waals surface area contributed by atoms with Gasteiger partial charge in [-0.2, -0.15) is 0 Å². The van der Waals surface area contributed by atoms with Crippen LogP contribution in [0.4, 0.5) is 0 Å². The lowest BCUT2D eigenvalue weighted by Crippen LogP contribution is -2.16. The van der Waals surface area contributed by atoms with E-state index in [1.807, 2.05) is 0 Å². The third kappa shape index (κ3) is 4.40. The van der Waals surface area contributed by atoms with Crippen LogP contribution in [0.15, 0.2) is 0 Å². The SMILES string of the molecule is O=CCCC(=O)OCC1CCCCC1. The molecule has 3 heteroatoms. The third-order valence-electron chi connectivity index (χ3n) is 2.67. The second kappa shape index (κ2) is 6.57. The van der Waals surface area contributed by atoms with Crippen LogP contribution in [0, 0.1) is 5.92 Å². The van der Waals surface area contributed by atoms with Crippen molar-refractivity contribution in [3.05, 3.63) is 0 Å². The van der Waals surface area contributed by atoms with Crippen LogP contribution in [-0.4, -0.2) is 18.9 Å². The minimum atomic E-state index is -0.234. The Morgan fingerprint density at radius 1 is 1.29 bits per heavy atom. The van der Waals surface area contributed by atoms with E-state index in [4.69, 9.17) is 4.74 Å². The molecular weight excluding hydrogens is 180 g/mol. The molecule has 0 amide bonds. The van der Waals surface area contributed by atoms with Crippen LogP contribution in [0.1, 0.15) is 44.9 Å². The van der Waals surface area contributed by atoms with E-state index in [1.165, 1.54) is 32.1 Å². The fourth-order valence-electron chi connectivity index (χ4n) is 1.81. The minimum absolute atomic E-state index is 0.232. The van der Waals surface area contributed by atoms with E-state index < -0.39 is 0 Å². The summed E-state index contributed by atoms with van der Waals surface area (Å²) < 4.78 is 5.09. The maximum atomic E-state index is 11.1. The minimum Gasteiger partial charge on any atom is -0.465 e. The molecule has 0 heterocycles. The molecule has 1 fully saturated rings. The van der Waals surface area contributed by atoms with Crippen LogP contribution in [0.25, 0.3) is 0 Å². The van der Waals surface area contributed by atoms with Gasteiger partial charge in [0.2, 0.25) is 0 Å². The molecular formula is C11H18O3. The first-order valence-corrected chi connectivity index (χ1v) is 5.42. The summed E-state index contributed by atoms with van der Waals surface area (Å²) in [5.41, 5.74) is 0. The largest absolute Gasteiger partial charge is 0.465 e. The van der Waals surface area contributed by atoms with E-state index in [-0.39, 0.29) is 18.8 Å². The molecule has 1 aliphatic rings. The molecule has 0 unspecified atom stereocenters. The summed E-state index contributed by atoms with van der Waals surface area (Å²) in [4.78, 5) is 21.1. The lowest BCUT2D eigenvalue weighted by molar-refractivity contribution is -0.145. The Hall–Kier alpha value is -0.860. The van der Waals surface area contributed by atoms with Gasteiger partial charge in [0.05, 0.1) is 13.0 Å². The summed E-state index contributed by atoms with van der Waals surface area (Å²) in [7, 11) is 0. The summed E-state index contributed by atoms with van der Waals surface area (Å²) in [5.74, 6) is 0.326. The molecule has 0 aromatic heterocycles. The number of hydrogen-bond acceptors (Lipinski definition) is 3. The first kappa shape index (κ1) is 11.2. The maximum absolute atomic E-state index is 11.1. The average molecular weight is 198 g/mol. The van der Waals surface area contributed by atoms with Crippen LogP contribution in [0.3, 0.4) is 0 Å². The Bertz CT molecular complexity index is 183. The van der Waals surface area contributed by atoms with Gasteiger partial charge >= 0.3 is 5.97 Å². The second-order valence-electron chi connectivity index (χ2n) is 3.89. The quantitative estimate of drug-likeness (QED) is 0.502. The normalized spacial score (nSPS) is 17.7. The molecule has 0 aliphatic heterocycles. The van der Waals surface area contributed by atoms with Gasteiger partial charge in [-0.1, -0.05) is 19.3 Å². The van der Waals surface area contributed by atoms with Crippen molar-refractivity contribution >= 4 is 12.3 Å². The number of carbonyl (C=O) groups excluding carboxylic acids is 2. The van der Waals surface area contributed by atoms with Crippen molar-refractivity contribution in [1.29, 1.82) is 0 Å². The molecule has 0 aromatic carbocycles. The summed E-state index contributed by atoms with van der Waals surface area (Å²) in [5, 5.41) is 0. The number of rotatable bonds is 5.